The first-order valence-corrected chi connectivity index (χ1v) is 11.5. The van der Waals surface area contributed by atoms with E-state index >= 15 is 0 Å². The zero-order chi connectivity index (χ0) is 22.8. The third-order valence-electron chi connectivity index (χ3n) is 6.46. The highest BCUT2D eigenvalue weighted by Gasteiger charge is 2.38. The van der Waals surface area contributed by atoms with Gasteiger partial charge in [0, 0.05) is 44.1 Å². The lowest BCUT2D eigenvalue weighted by Gasteiger charge is -2.35. The summed E-state index contributed by atoms with van der Waals surface area (Å²) in [4.78, 5) is 32.3. The van der Waals surface area contributed by atoms with Crippen molar-refractivity contribution in [2.75, 3.05) is 49.5 Å². The molecule has 1 fully saturated rings. The highest BCUT2D eigenvalue weighted by atomic mass is 16.2. The summed E-state index contributed by atoms with van der Waals surface area (Å²) in [5.74, 6) is -0.510. The molecule has 0 spiro atoms. The minimum Gasteiger partial charge on any atom is -0.369 e. The molecule has 0 aromatic heterocycles. The van der Waals surface area contributed by atoms with E-state index in [1.807, 2.05) is 51.1 Å². The van der Waals surface area contributed by atoms with E-state index in [1.54, 1.807) is 0 Å². The van der Waals surface area contributed by atoms with Crippen LogP contribution in [0.5, 0.6) is 0 Å². The maximum atomic E-state index is 13.1. The number of likely N-dealkylation sites (N-methyl/N-ethyl adjacent to an activating group) is 2. The number of benzene rings is 2. The Morgan fingerprint density at radius 1 is 0.844 bits per heavy atom. The number of hydrogen-bond acceptors (Lipinski definition) is 5. The highest BCUT2D eigenvalue weighted by molar-refractivity contribution is 6.36. The minimum absolute atomic E-state index is 0.239. The van der Waals surface area contributed by atoms with Gasteiger partial charge in [0.2, 0.25) is 0 Å². The Hall–Kier alpha value is -3.12. The molecule has 6 heteroatoms. The first kappa shape index (κ1) is 22.1. The smallest absolute Gasteiger partial charge is 0.278 e. The fraction of sp³-hybridized carbons (Fsp3) is 0.385. The first-order chi connectivity index (χ1) is 15.4. The maximum absolute atomic E-state index is 13.1. The molecule has 0 atom stereocenters. The summed E-state index contributed by atoms with van der Waals surface area (Å²) in [6.07, 6.45) is 0. The molecule has 0 saturated carbocycles. The number of amides is 2. The molecule has 1 N–H and O–H groups in total. The molecule has 2 aromatic carbocycles. The van der Waals surface area contributed by atoms with E-state index in [9.17, 15) is 9.59 Å². The number of hydrogen-bond donors (Lipinski definition) is 1. The second-order valence-electron chi connectivity index (χ2n) is 8.52. The molecule has 168 valence electrons. The summed E-state index contributed by atoms with van der Waals surface area (Å²) >= 11 is 0. The van der Waals surface area contributed by atoms with Crippen molar-refractivity contribution in [1.82, 2.24) is 9.80 Å². The van der Waals surface area contributed by atoms with E-state index in [0.717, 1.165) is 55.1 Å². The molecule has 2 aliphatic heterocycles. The van der Waals surface area contributed by atoms with Crippen LogP contribution < -0.4 is 10.2 Å². The monoisotopic (exact) mass is 432 g/mol. The number of carbonyl (C=O) groups excluding carboxylic acids is 2. The summed E-state index contributed by atoms with van der Waals surface area (Å²) in [7, 11) is 0. The van der Waals surface area contributed by atoms with Crippen molar-refractivity contribution in [3.63, 3.8) is 0 Å². The van der Waals surface area contributed by atoms with Crippen LogP contribution in [0.1, 0.15) is 30.5 Å². The number of piperazine rings is 1. The van der Waals surface area contributed by atoms with Crippen molar-refractivity contribution in [1.29, 1.82) is 0 Å². The minimum atomic E-state index is -0.271. The van der Waals surface area contributed by atoms with E-state index in [2.05, 4.69) is 34.2 Å². The van der Waals surface area contributed by atoms with Crippen molar-refractivity contribution >= 4 is 28.8 Å². The second-order valence-corrected chi connectivity index (χ2v) is 8.52. The number of carbonyl (C=O) groups is 2. The van der Waals surface area contributed by atoms with Gasteiger partial charge in [-0.3, -0.25) is 14.5 Å². The van der Waals surface area contributed by atoms with Crippen molar-refractivity contribution in [3.05, 3.63) is 64.9 Å². The van der Waals surface area contributed by atoms with E-state index in [4.69, 9.17) is 0 Å². The number of nitrogens with zero attached hydrogens (tertiary/aromatic N) is 3. The van der Waals surface area contributed by atoms with Gasteiger partial charge in [0.15, 0.2) is 0 Å². The summed E-state index contributed by atoms with van der Waals surface area (Å²) < 4.78 is 0. The van der Waals surface area contributed by atoms with Crippen molar-refractivity contribution < 1.29 is 9.59 Å². The Labute approximate surface area is 190 Å². The van der Waals surface area contributed by atoms with E-state index < -0.39 is 0 Å². The summed E-state index contributed by atoms with van der Waals surface area (Å²) in [6, 6.07) is 14.1. The number of nitrogens with one attached hydrogen (secondary N) is 1. The Morgan fingerprint density at radius 3 is 2.12 bits per heavy atom. The Balaban J connectivity index is 1.61. The molecular formula is C26H32N4O2. The van der Waals surface area contributed by atoms with Crippen molar-refractivity contribution in [3.8, 4) is 0 Å². The predicted molar refractivity (Wildman–Crippen MR) is 130 cm³/mol. The zero-order valence-electron chi connectivity index (χ0n) is 19.4. The van der Waals surface area contributed by atoms with Crippen LogP contribution in [0.15, 0.2) is 48.2 Å². The fourth-order valence-electron chi connectivity index (χ4n) is 4.55. The van der Waals surface area contributed by atoms with Gasteiger partial charge in [-0.25, -0.2) is 0 Å². The molecule has 1 saturated heterocycles. The van der Waals surface area contributed by atoms with Gasteiger partial charge in [0.05, 0.1) is 5.57 Å². The lowest BCUT2D eigenvalue weighted by Crippen LogP contribution is -2.46. The third kappa shape index (κ3) is 4.15. The molecule has 0 aliphatic carbocycles. The topological polar surface area (TPSA) is 55.9 Å². The molecule has 0 unspecified atom stereocenters. The first-order valence-electron chi connectivity index (χ1n) is 11.5. The van der Waals surface area contributed by atoms with Gasteiger partial charge in [0.25, 0.3) is 11.8 Å². The largest absolute Gasteiger partial charge is 0.369 e. The molecule has 0 radical (unpaired) electrons. The zero-order valence-corrected chi connectivity index (χ0v) is 19.4. The highest BCUT2D eigenvalue weighted by Crippen LogP contribution is 2.32. The van der Waals surface area contributed by atoms with Crippen LogP contribution in [0, 0.1) is 13.8 Å². The molecule has 32 heavy (non-hydrogen) atoms. The molecule has 2 aromatic rings. The molecule has 0 bridgehead atoms. The van der Waals surface area contributed by atoms with E-state index in [0.29, 0.717) is 17.8 Å². The number of anilines is 2. The molecular weight excluding hydrogens is 400 g/mol. The quantitative estimate of drug-likeness (QED) is 0.706. The summed E-state index contributed by atoms with van der Waals surface area (Å²) in [5.41, 5.74) is 5.71. The predicted octanol–water partition coefficient (Wildman–Crippen LogP) is 3.66. The number of rotatable bonds is 6. The molecule has 4 rings (SSSR count). The van der Waals surface area contributed by atoms with E-state index in [-0.39, 0.29) is 11.8 Å². The Morgan fingerprint density at radius 2 is 1.53 bits per heavy atom. The Kier molecular flexibility index (Phi) is 6.33. The molecule has 2 heterocycles. The Bertz CT molecular complexity index is 1050. The van der Waals surface area contributed by atoms with Crippen LogP contribution in [-0.2, 0) is 9.59 Å². The summed E-state index contributed by atoms with van der Waals surface area (Å²) in [6.45, 7) is 13.6. The number of imide groups is 1. The standard InChI is InChI=1S/C26H32N4O2/c1-5-28-13-15-29(16-14-28)21-10-8-20(9-11-21)27-24-23(25(31)30(6-2)26(24)32)22-12-7-18(3)17-19(22)4/h7-12,17,27H,5-6,13-16H2,1-4H3. The van der Waals surface area contributed by atoms with Crippen LogP contribution in [0.3, 0.4) is 0 Å². The van der Waals surface area contributed by atoms with Gasteiger partial charge in [-0.2, -0.15) is 0 Å². The van der Waals surface area contributed by atoms with Crippen LogP contribution >= 0.6 is 0 Å². The van der Waals surface area contributed by atoms with Gasteiger partial charge >= 0.3 is 0 Å². The summed E-state index contributed by atoms with van der Waals surface area (Å²) in [5, 5.41) is 3.26. The third-order valence-corrected chi connectivity index (χ3v) is 6.46. The number of aryl methyl sites for hydroxylation is 2. The maximum Gasteiger partial charge on any atom is 0.278 e. The van der Waals surface area contributed by atoms with Gasteiger partial charge in [-0.05, 0) is 62.7 Å². The fourth-order valence-corrected chi connectivity index (χ4v) is 4.55. The van der Waals surface area contributed by atoms with Gasteiger partial charge < -0.3 is 15.1 Å². The average molecular weight is 433 g/mol. The van der Waals surface area contributed by atoms with Crippen LogP contribution in [-0.4, -0.2) is 60.9 Å². The molecule has 6 nitrogen and oxygen atoms in total. The van der Waals surface area contributed by atoms with Gasteiger partial charge in [-0.15, -0.1) is 0 Å². The normalized spacial score (nSPS) is 17.5. The molecule has 2 aliphatic rings. The SMILES string of the molecule is CCN1CCN(c2ccc(NC3=C(c4ccc(C)cc4C)C(=O)N(CC)C3=O)cc2)CC1. The van der Waals surface area contributed by atoms with Gasteiger partial charge in [-0.1, -0.05) is 30.7 Å². The second kappa shape index (κ2) is 9.17. The van der Waals surface area contributed by atoms with Crippen molar-refractivity contribution in [2.24, 2.45) is 0 Å². The van der Waals surface area contributed by atoms with E-state index in [1.165, 1.54) is 10.6 Å². The van der Waals surface area contributed by atoms with Crippen LogP contribution in [0.4, 0.5) is 11.4 Å². The molecule has 2 amide bonds. The van der Waals surface area contributed by atoms with Crippen LogP contribution in [0.25, 0.3) is 5.57 Å². The van der Waals surface area contributed by atoms with Crippen LogP contribution in [0.2, 0.25) is 0 Å². The average Bonchev–Trinajstić information content (AvgIpc) is 3.03. The van der Waals surface area contributed by atoms with Crippen molar-refractivity contribution in [2.45, 2.75) is 27.7 Å². The lowest BCUT2D eigenvalue weighted by atomic mass is 9.97. The lowest BCUT2D eigenvalue weighted by molar-refractivity contribution is -0.136. The van der Waals surface area contributed by atoms with Gasteiger partial charge in [0.1, 0.15) is 5.70 Å².